The van der Waals surface area contributed by atoms with E-state index in [1.165, 1.54) is 4.90 Å². The Balaban J connectivity index is 1.66. The summed E-state index contributed by atoms with van der Waals surface area (Å²) in [5.74, 6) is -3.46. The molecule has 1 unspecified atom stereocenters. The summed E-state index contributed by atoms with van der Waals surface area (Å²) in [5, 5.41) is 12.8. The molecule has 44 heavy (non-hydrogen) atoms. The van der Waals surface area contributed by atoms with Gasteiger partial charge >= 0.3 is 5.97 Å². The van der Waals surface area contributed by atoms with Gasteiger partial charge in [-0.05, 0) is 31.7 Å². The molecule has 1 aromatic rings. The number of likely N-dealkylation sites (tertiary alicyclic amines) is 1. The zero-order valence-electron chi connectivity index (χ0n) is 25.5. The van der Waals surface area contributed by atoms with Gasteiger partial charge in [0.15, 0.2) is 0 Å². The Morgan fingerprint density at radius 2 is 2.00 bits per heavy atom. The van der Waals surface area contributed by atoms with Crippen molar-refractivity contribution in [1.82, 2.24) is 15.1 Å². The summed E-state index contributed by atoms with van der Waals surface area (Å²) in [6, 6.07) is 7.56. The van der Waals surface area contributed by atoms with Crippen LogP contribution >= 0.6 is 15.9 Å². The average Bonchev–Trinajstić information content (AvgIpc) is 3.60. The molecule has 3 aliphatic heterocycles. The molecule has 0 saturated carbocycles. The number of rotatable bonds is 16. The third kappa shape index (κ3) is 6.50. The summed E-state index contributed by atoms with van der Waals surface area (Å²) < 4.78 is 12.7. The summed E-state index contributed by atoms with van der Waals surface area (Å²) in [6.07, 6.45) is 4.56. The van der Waals surface area contributed by atoms with Crippen molar-refractivity contribution in [2.24, 2.45) is 11.8 Å². The highest BCUT2D eigenvalue weighted by Crippen LogP contribution is 2.60. The molecule has 0 aliphatic carbocycles. The van der Waals surface area contributed by atoms with Crippen molar-refractivity contribution in [3.8, 4) is 0 Å². The van der Waals surface area contributed by atoms with Crippen LogP contribution in [-0.2, 0) is 28.7 Å². The molecule has 0 aromatic heterocycles. The van der Waals surface area contributed by atoms with Crippen LogP contribution in [0.25, 0.3) is 0 Å². The van der Waals surface area contributed by atoms with Crippen LogP contribution < -0.4 is 5.32 Å². The van der Waals surface area contributed by atoms with Gasteiger partial charge in [0.2, 0.25) is 17.7 Å². The van der Waals surface area contributed by atoms with Crippen LogP contribution in [0.5, 0.6) is 0 Å². The van der Waals surface area contributed by atoms with Gasteiger partial charge in [-0.15, -0.1) is 13.2 Å². The third-order valence-corrected chi connectivity index (χ3v) is 9.71. The molecular weight excluding hydrogens is 630 g/mol. The molecule has 1 aromatic carbocycles. The van der Waals surface area contributed by atoms with Crippen LogP contribution in [0.2, 0.25) is 0 Å². The Labute approximate surface area is 267 Å². The second kappa shape index (κ2) is 14.8. The molecule has 3 aliphatic rings. The lowest BCUT2D eigenvalue weighted by atomic mass is 9.70. The van der Waals surface area contributed by atoms with E-state index in [-0.39, 0.29) is 36.2 Å². The molecule has 3 saturated heterocycles. The van der Waals surface area contributed by atoms with E-state index in [9.17, 15) is 24.3 Å². The van der Waals surface area contributed by atoms with E-state index >= 15 is 0 Å². The van der Waals surface area contributed by atoms with Crippen molar-refractivity contribution in [1.29, 1.82) is 0 Å². The van der Waals surface area contributed by atoms with E-state index < -0.39 is 53.6 Å². The van der Waals surface area contributed by atoms with E-state index in [4.69, 9.17) is 9.47 Å². The van der Waals surface area contributed by atoms with Gasteiger partial charge in [-0.25, -0.2) is 0 Å². The number of carbonyl (C=O) groups is 4. The van der Waals surface area contributed by atoms with Crippen LogP contribution in [-0.4, -0.2) is 93.5 Å². The zero-order chi connectivity index (χ0) is 32.0. The highest BCUT2D eigenvalue weighted by molar-refractivity contribution is 9.09. The zero-order valence-corrected chi connectivity index (χ0v) is 27.1. The van der Waals surface area contributed by atoms with Crippen molar-refractivity contribution >= 4 is 39.6 Å². The number of alkyl halides is 1. The largest absolute Gasteiger partial charge is 0.455 e. The quantitative estimate of drug-likeness (QED) is 0.157. The smallest absolute Gasteiger partial charge is 0.313 e. The molecule has 4 rings (SSSR count). The second-order valence-corrected chi connectivity index (χ2v) is 13.0. The Kier molecular flexibility index (Phi) is 11.4. The van der Waals surface area contributed by atoms with Gasteiger partial charge < -0.3 is 29.7 Å². The van der Waals surface area contributed by atoms with E-state index in [0.717, 1.165) is 12.8 Å². The SMILES string of the molecule is C=CCCC(=O)N[C@H](C)[C@@H](OC(=O)[C@@H]1[C@H]2O[C@@]3(CC2Br)[C@H](C(=O)N(CC=C)CCCC)N(CCO)C(=O)[C@@H]13)c1ccccc1. The van der Waals surface area contributed by atoms with Gasteiger partial charge in [0.1, 0.15) is 17.7 Å². The van der Waals surface area contributed by atoms with E-state index in [0.29, 0.717) is 31.5 Å². The highest BCUT2D eigenvalue weighted by Gasteiger charge is 2.77. The molecule has 10 nitrogen and oxygen atoms in total. The predicted octanol–water partition coefficient (Wildman–Crippen LogP) is 3.30. The van der Waals surface area contributed by atoms with E-state index in [2.05, 4.69) is 34.4 Å². The Bertz CT molecular complexity index is 1230. The van der Waals surface area contributed by atoms with Gasteiger partial charge in [-0.1, -0.05) is 71.8 Å². The number of ether oxygens (including phenoxy) is 2. The Morgan fingerprint density at radius 1 is 1.27 bits per heavy atom. The number of β-amino-alcohol motifs (C(OH)–C–C–N with tert-alkyl or cyclic N) is 1. The number of unbranched alkanes of at least 4 members (excludes halogenated alkanes) is 1. The molecule has 3 amide bonds. The molecular formula is C33H44BrN3O7. The summed E-state index contributed by atoms with van der Waals surface area (Å²) >= 11 is 3.68. The van der Waals surface area contributed by atoms with Crippen molar-refractivity contribution in [2.75, 3.05) is 26.2 Å². The van der Waals surface area contributed by atoms with Crippen molar-refractivity contribution in [3.05, 3.63) is 61.2 Å². The fraction of sp³-hybridized carbons (Fsp3) is 0.576. The van der Waals surface area contributed by atoms with E-state index in [1.54, 1.807) is 24.0 Å². The lowest BCUT2D eigenvalue weighted by Gasteiger charge is -2.37. The first kappa shape index (κ1) is 33.9. The first-order valence-corrected chi connectivity index (χ1v) is 16.3. The van der Waals surface area contributed by atoms with Crippen LogP contribution in [0.15, 0.2) is 55.6 Å². The van der Waals surface area contributed by atoms with Gasteiger partial charge in [0.25, 0.3) is 0 Å². The fourth-order valence-corrected chi connectivity index (χ4v) is 7.88. The number of carbonyl (C=O) groups excluding carboxylic acids is 4. The Hall–Kier alpha value is -3.02. The number of aliphatic hydroxyl groups excluding tert-OH is 1. The third-order valence-electron chi connectivity index (χ3n) is 8.87. The van der Waals surface area contributed by atoms with Crippen molar-refractivity contribution in [2.45, 2.75) is 80.7 Å². The second-order valence-electron chi connectivity index (χ2n) is 11.8. The minimum atomic E-state index is -1.26. The first-order valence-electron chi connectivity index (χ1n) is 15.4. The average molecular weight is 675 g/mol. The molecule has 0 radical (unpaired) electrons. The molecule has 240 valence electrons. The summed E-state index contributed by atoms with van der Waals surface area (Å²) in [6.45, 7) is 11.7. The maximum Gasteiger partial charge on any atom is 0.313 e. The number of fused-ring (bicyclic) bond motifs is 1. The van der Waals surface area contributed by atoms with Crippen LogP contribution in [0.3, 0.4) is 0 Å². The topological polar surface area (TPSA) is 125 Å². The molecule has 11 heteroatoms. The maximum absolute atomic E-state index is 14.2. The normalized spacial score (nSPS) is 28.2. The molecule has 3 fully saturated rings. The number of nitrogens with one attached hydrogen (secondary N) is 1. The number of esters is 1. The minimum Gasteiger partial charge on any atom is -0.455 e. The van der Waals surface area contributed by atoms with Crippen molar-refractivity contribution < 1.29 is 33.8 Å². The lowest BCUT2D eigenvalue weighted by Crippen LogP contribution is -2.57. The minimum absolute atomic E-state index is 0.0631. The van der Waals surface area contributed by atoms with Crippen LogP contribution in [0.1, 0.15) is 57.6 Å². The molecule has 8 atom stereocenters. The summed E-state index contributed by atoms with van der Waals surface area (Å²) in [7, 11) is 0. The first-order chi connectivity index (χ1) is 21.1. The number of hydrogen-bond acceptors (Lipinski definition) is 7. The molecule has 2 N–H and O–H groups in total. The summed E-state index contributed by atoms with van der Waals surface area (Å²) in [4.78, 5) is 57.7. The number of aliphatic hydroxyl groups is 1. The standard InChI is InChI=1S/C33H44BrN3O7/c1-5-8-15-24(39)35-21(4)27(22-13-11-10-12-14-22)43-32(42)25-26-30(40)37(18-19-38)29(33(26)20-23(34)28(25)44-33)31(41)36(16-7-3)17-9-6-2/h5,7,10-14,21,23,25-29,38H,1,3,6,8-9,15-20H2,2,4H3,(H,35,39)/t21-,23?,25+,26-,27-,28+,29+,33-/m1/s1. The number of halogens is 1. The number of hydrogen-bond donors (Lipinski definition) is 2. The van der Waals surface area contributed by atoms with Gasteiger partial charge in [0.05, 0.1) is 30.6 Å². The molecule has 2 bridgehead atoms. The number of amides is 3. The summed E-state index contributed by atoms with van der Waals surface area (Å²) in [5.41, 5.74) is -0.570. The lowest BCUT2D eigenvalue weighted by molar-refractivity contribution is -0.162. The van der Waals surface area contributed by atoms with Crippen molar-refractivity contribution in [3.63, 3.8) is 0 Å². The van der Waals surface area contributed by atoms with Gasteiger partial charge in [0, 0.05) is 30.9 Å². The van der Waals surface area contributed by atoms with Crippen LogP contribution in [0, 0.1) is 11.8 Å². The van der Waals surface area contributed by atoms with Gasteiger partial charge in [-0.2, -0.15) is 0 Å². The number of benzene rings is 1. The van der Waals surface area contributed by atoms with Crippen LogP contribution in [0.4, 0.5) is 0 Å². The highest BCUT2D eigenvalue weighted by atomic mass is 79.9. The Morgan fingerprint density at radius 3 is 2.64 bits per heavy atom. The maximum atomic E-state index is 14.2. The fourth-order valence-electron chi connectivity index (χ4n) is 6.94. The molecule has 3 heterocycles. The monoisotopic (exact) mass is 673 g/mol. The van der Waals surface area contributed by atoms with Gasteiger partial charge in [-0.3, -0.25) is 19.2 Å². The number of allylic oxidation sites excluding steroid dienone is 1. The number of nitrogens with zero attached hydrogens (tertiary/aromatic N) is 2. The molecule has 1 spiro atoms. The van der Waals surface area contributed by atoms with E-state index in [1.807, 2.05) is 37.3 Å². The predicted molar refractivity (Wildman–Crippen MR) is 168 cm³/mol.